The minimum Gasteiger partial charge on any atom is -0.457 e. The van der Waals surface area contributed by atoms with E-state index in [1.54, 1.807) is 17.0 Å². The van der Waals surface area contributed by atoms with Gasteiger partial charge in [0.2, 0.25) is 0 Å². The van der Waals surface area contributed by atoms with E-state index in [2.05, 4.69) is 20.4 Å². The van der Waals surface area contributed by atoms with E-state index in [1.165, 1.54) is 23.9 Å². The quantitative estimate of drug-likeness (QED) is 0.327. The second-order valence-corrected chi connectivity index (χ2v) is 12.5. The third-order valence-corrected chi connectivity index (χ3v) is 9.52. The largest absolute Gasteiger partial charge is 0.457 e. The summed E-state index contributed by atoms with van der Waals surface area (Å²) < 4.78 is 27.2. The number of likely N-dealkylation sites (tertiary alicyclic amines) is 1. The SMILES string of the molecule is CCc1ccc(-c2ccc(Oc3cc(C(=O)NC4CCN(C5CCOCC5)CC4)c(F)cc3CN3CCSC3=O)cc2)nn1. The number of nitrogens with one attached hydrogen (secondary N) is 1. The Kier molecular flexibility index (Phi) is 9.73. The smallest absolute Gasteiger partial charge is 0.282 e. The number of aromatic nitrogens is 2. The molecular formula is C33H38FN5O4S. The maximum atomic E-state index is 15.5. The fourth-order valence-corrected chi connectivity index (χ4v) is 6.83. The van der Waals surface area contributed by atoms with Crippen molar-refractivity contribution in [2.45, 2.75) is 57.7 Å². The fraction of sp³-hybridized carbons (Fsp3) is 0.455. The zero-order valence-corrected chi connectivity index (χ0v) is 25.8. The molecule has 2 amide bonds. The summed E-state index contributed by atoms with van der Waals surface area (Å²) in [5.41, 5.74) is 2.99. The second kappa shape index (κ2) is 14.0. The van der Waals surface area contributed by atoms with Gasteiger partial charge in [-0.2, -0.15) is 10.2 Å². The lowest BCUT2D eigenvalue weighted by Gasteiger charge is -2.39. The molecule has 3 aliphatic rings. The number of halogens is 1. The lowest BCUT2D eigenvalue weighted by Crippen LogP contribution is -2.49. The van der Waals surface area contributed by atoms with E-state index in [4.69, 9.17) is 9.47 Å². The number of aryl methyl sites for hydroxylation is 1. The van der Waals surface area contributed by atoms with Gasteiger partial charge in [0.1, 0.15) is 17.3 Å². The second-order valence-electron chi connectivity index (χ2n) is 11.5. The third kappa shape index (κ3) is 7.22. The van der Waals surface area contributed by atoms with Gasteiger partial charge in [-0.05, 0) is 80.6 Å². The molecule has 0 unspecified atom stereocenters. The molecule has 2 aromatic carbocycles. The van der Waals surface area contributed by atoms with Gasteiger partial charge in [-0.15, -0.1) is 0 Å². The first-order valence-electron chi connectivity index (χ1n) is 15.4. The van der Waals surface area contributed by atoms with Crippen molar-refractivity contribution in [2.24, 2.45) is 0 Å². The van der Waals surface area contributed by atoms with Crippen molar-refractivity contribution in [3.8, 4) is 22.8 Å². The fourth-order valence-electron chi connectivity index (χ4n) is 6.01. The molecule has 11 heteroatoms. The van der Waals surface area contributed by atoms with Crippen LogP contribution in [0.25, 0.3) is 11.3 Å². The van der Waals surface area contributed by atoms with E-state index in [-0.39, 0.29) is 23.4 Å². The minimum atomic E-state index is -0.631. The molecule has 0 saturated carbocycles. The van der Waals surface area contributed by atoms with E-state index in [0.717, 1.165) is 75.4 Å². The van der Waals surface area contributed by atoms with Crippen LogP contribution in [0.15, 0.2) is 48.5 Å². The predicted molar refractivity (Wildman–Crippen MR) is 167 cm³/mol. The number of hydrogen-bond acceptors (Lipinski definition) is 8. The van der Waals surface area contributed by atoms with Crippen LogP contribution in [-0.2, 0) is 17.7 Å². The molecule has 4 heterocycles. The summed E-state index contributed by atoms with van der Waals surface area (Å²) in [5.74, 6) is 0.465. The number of piperidine rings is 1. The highest BCUT2D eigenvalue weighted by atomic mass is 32.2. The Balaban J connectivity index is 1.18. The average Bonchev–Trinajstić information content (AvgIpc) is 3.47. The van der Waals surface area contributed by atoms with Gasteiger partial charge in [-0.3, -0.25) is 9.59 Å². The Morgan fingerprint density at radius 1 is 1.05 bits per heavy atom. The predicted octanol–water partition coefficient (Wildman–Crippen LogP) is 5.68. The lowest BCUT2D eigenvalue weighted by molar-refractivity contribution is 0.0238. The highest BCUT2D eigenvalue weighted by molar-refractivity contribution is 8.13. The standard InChI is InChI=1S/C33H38FN5O4S/c1-2-24-5-8-30(37-36-24)22-3-6-27(7-4-22)43-31-20-28(29(34)19-23(31)21-39-15-18-44-33(39)41)32(40)35-25-9-13-38(14-10-25)26-11-16-42-17-12-26/h3-8,19-20,25-26H,2,9-18,21H2,1H3,(H,35,40). The van der Waals surface area contributed by atoms with Crippen molar-refractivity contribution in [2.75, 3.05) is 38.6 Å². The van der Waals surface area contributed by atoms with Crippen LogP contribution in [0.1, 0.15) is 54.2 Å². The van der Waals surface area contributed by atoms with Gasteiger partial charge in [0, 0.05) is 61.8 Å². The van der Waals surface area contributed by atoms with Crippen molar-refractivity contribution in [1.82, 2.24) is 25.3 Å². The minimum absolute atomic E-state index is 0.0247. The number of hydrogen-bond donors (Lipinski definition) is 1. The Hall–Kier alpha value is -3.54. The molecule has 3 saturated heterocycles. The first kappa shape index (κ1) is 30.5. The molecule has 1 aromatic heterocycles. The normalized spacial score (nSPS) is 18.5. The summed E-state index contributed by atoms with van der Waals surface area (Å²) in [6.07, 6.45) is 4.54. The lowest BCUT2D eigenvalue weighted by atomic mass is 9.99. The number of amides is 2. The van der Waals surface area contributed by atoms with Gasteiger partial charge >= 0.3 is 0 Å². The molecule has 6 rings (SSSR count). The van der Waals surface area contributed by atoms with Crippen molar-refractivity contribution >= 4 is 22.9 Å². The van der Waals surface area contributed by atoms with Crippen LogP contribution in [0.5, 0.6) is 11.5 Å². The number of carbonyl (C=O) groups is 2. The van der Waals surface area contributed by atoms with Gasteiger partial charge in [-0.25, -0.2) is 4.39 Å². The number of thioether (sulfide) groups is 1. The first-order valence-corrected chi connectivity index (χ1v) is 16.4. The molecule has 0 aliphatic carbocycles. The van der Waals surface area contributed by atoms with E-state index in [9.17, 15) is 9.59 Å². The number of benzene rings is 2. The maximum absolute atomic E-state index is 15.5. The summed E-state index contributed by atoms with van der Waals surface area (Å²) in [4.78, 5) is 29.9. The molecule has 9 nitrogen and oxygen atoms in total. The molecule has 0 spiro atoms. The van der Waals surface area contributed by atoms with Crippen LogP contribution in [0.2, 0.25) is 0 Å². The van der Waals surface area contributed by atoms with E-state index < -0.39 is 11.7 Å². The highest BCUT2D eigenvalue weighted by Crippen LogP contribution is 2.32. The zero-order chi connectivity index (χ0) is 30.5. The van der Waals surface area contributed by atoms with E-state index in [0.29, 0.717) is 35.4 Å². The number of rotatable bonds is 9. The topological polar surface area (TPSA) is 96.9 Å². The van der Waals surface area contributed by atoms with Gasteiger partial charge in [0.25, 0.3) is 11.1 Å². The Labute approximate surface area is 261 Å². The molecule has 0 atom stereocenters. The Bertz CT molecular complexity index is 1460. The van der Waals surface area contributed by atoms with Gasteiger partial charge < -0.3 is 24.6 Å². The number of ether oxygens (including phenoxy) is 2. The van der Waals surface area contributed by atoms with Crippen LogP contribution >= 0.6 is 11.8 Å². The molecular weight excluding hydrogens is 581 g/mol. The van der Waals surface area contributed by atoms with E-state index >= 15 is 4.39 Å². The van der Waals surface area contributed by atoms with E-state index in [1.807, 2.05) is 31.2 Å². The van der Waals surface area contributed by atoms with Crippen molar-refractivity contribution < 1.29 is 23.5 Å². The molecule has 0 bridgehead atoms. The summed E-state index contributed by atoms with van der Waals surface area (Å²) in [5, 5.41) is 11.5. The average molecular weight is 620 g/mol. The molecule has 232 valence electrons. The number of carbonyl (C=O) groups excluding carboxylic acids is 2. The van der Waals surface area contributed by atoms with Gasteiger partial charge in [-0.1, -0.05) is 18.7 Å². The summed E-state index contributed by atoms with van der Waals surface area (Å²) in [6.45, 7) is 6.21. The number of nitrogens with zero attached hydrogens (tertiary/aromatic N) is 4. The van der Waals surface area contributed by atoms with Gasteiger partial charge in [0.05, 0.1) is 23.5 Å². The highest BCUT2D eigenvalue weighted by Gasteiger charge is 2.29. The molecule has 1 N–H and O–H groups in total. The third-order valence-electron chi connectivity index (χ3n) is 8.63. The van der Waals surface area contributed by atoms with Crippen LogP contribution < -0.4 is 10.1 Å². The summed E-state index contributed by atoms with van der Waals surface area (Å²) in [7, 11) is 0. The van der Waals surface area contributed by atoms with Crippen LogP contribution in [0, 0.1) is 5.82 Å². The molecule has 3 aliphatic heterocycles. The van der Waals surface area contributed by atoms with Crippen LogP contribution in [0.4, 0.5) is 9.18 Å². The Morgan fingerprint density at radius 3 is 2.48 bits per heavy atom. The molecule has 3 fully saturated rings. The van der Waals surface area contributed by atoms with Crippen molar-refractivity contribution in [3.63, 3.8) is 0 Å². The van der Waals surface area contributed by atoms with Crippen LogP contribution in [0.3, 0.4) is 0 Å². The first-order chi connectivity index (χ1) is 21.5. The van der Waals surface area contributed by atoms with Crippen molar-refractivity contribution in [1.29, 1.82) is 0 Å². The summed E-state index contributed by atoms with van der Waals surface area (Å²) in [6, 6.07) is 14.6. The zero-order valence-electron chi connectivity index (χ0n) is 25.0. The van der Waals surface area contributed by atoms with Crippen molar-refractivity contribution in [3.05, 3.63) is 71.2 Å². The maximum Gasteiger partial charge on any atom is 0.282 e. The van der Waals surface area contributed by atoms with Crippen LogP contribution in [-0.4, -0.2) is 81.8 Å². The molecule has 3 aromatic rings. The summed E-state index contributed by atoms with van der Waals surface area (Å²) >= 11 is 1.24. The molecule has 0 radical (unpaired) electrons. The Morgan fingerprint density at radius 2 is 1.82 bits per heavy atom. The molecule has 44 heavy (non-hydrogen) atoms. The van der Waals surface area contributed by atoms with Gasteiger partial charge in [0.15, 0.2) is 0 Å². The monoisotopic (exact) mass is 619 g/mol.